The average Bonchev–Trinajstić information content (AvgIpc) is 2.98. The molecule has 0 aliphatic carbocycles. The molecule has 6 aromatic carbocycles. The molecule has 7 aromatic rings. The van der Waals surface area contributed by atoms with Crippen molar-refractivity contribution in [3.05, 3.63) is 114 Å². The molecule has 6 nitrogen and oxygen atoms in total. The summed E-state index contributed by atoms with van der Waals surface area (Å²) < 4.78 is 0. The fourth-order valence-corrected chi connectivity index (χ4v) is 5.11. The second-order valence-electron chi connectivity index (χ2n) is 8.48. The molecule has 0 atom stereocenters. The first-order valence-corrected chi connectivity index (χ1v) is 12.8. The van der Waals surface area contributed by atoms with Gasteiger partial charge in [0.25, 0.3) is 0 Å². The number of benzene rings is 6. The van der Waals surface area contributed by atoms with E-state index in [-0.39, 0.29) is 21.7 Å². The highest BCUT2D eigenvalue weighted by Crippen LogP contribution is 2.26. The lowest BCUT2D eigenvalue weighted by molar-refractivity contribution is 1.41. The van der Waals surface area contributed by atoms with E-state index < -0.39 is 0 Å². The van der Waals surface area contributed by atoms with E-state index in [1.165, 1.54) is 0 Å². The number of nitrogens with one attached hydrogen (secondary N) is 2. The third-order valence-corrected chi connectivity index (χ3v) is 6.71. The first-order valence-electron chi connectivity index (χ1n) is 12.8. The lowest BCUT2D eigenvalue weighted by atomic mass is 9.99. The Morgan fingerprint density at radius 3 is 1.05 bits per heavy atom. The van der Waals surface area contributed by atoms with E-state index in [4.69, 9.17) is 0 Å². The summed E-state index contributed by atoms with van der Waals surface area (Å²) in [6, 6.07) is 20.3. The molecule has 0 amide bonds. The van der Waals surface area contributed by atoms with Crippen LogP contribution in [0.25, 0.3) is 65.2 Å². The van der Waals surface area contributed by atoms with Crippen LogP contribution in [0.2, 0.25) is 0 Å². The molecular formula is C32H26N2O4. The predicted molar refractivity (Wildman–Crippen MR) is 159 cm³/mol. The van der Waals surface area contributed by atoms with Crippen molar-refractivity contribution in [3.8, 4) is 0 Å². The van der Waals surface area contributed by atoms with Gasteiger partial charge in [0.2, 0.25) is 0 Å². The summed E-state index contributed by atoms with van der Waals surface area (Å²) in [4.78, 5) is 59.5. The van der Waals surface area contributed by atoms with E-state index in [1.807, 2.05) is 27.7 Å². The molecule has 1 heterocycles. The average molecular weight is 503 g/mol. The normalized spacial score (nSPS) is 11.1. The fraction of sp³-hybridized carbons (Fsp3) is 0.125. The zero-order valence-electron chi connectivity index (χ0n) is 21.6. The third-order valence-electron chi connectivity index (χ3n) is 6.71. The number of aromatic amines is 2. The fourth-order valence-electron chi connectivity index (χ4n) is 5.11. The number of rotatable bonds is 0. The summed E-state index contributed by atoms with van der Waals surface area (Å²) in [6.07, 6.45) is 0. The second-order valence-corrected chi connectivity index (χ2v) is 8.48. The Morgan fingerprint density at radius 1 is 0.395 bits per heavy atom. The van der Waals surface area contributed by atoms with Gasteiger partial charge in [0.05, 0.1) is 32.8 Å². The molecule has 0 saturated carbocycles. The number of fused-ring (bicyclic) bond motifs is 8. The molecule has 0 aliphatic rings. The van der Waals surface area contributed by atoms with Crippen LogP contribution in [0.5, 0.6) is 0 Å². The maximum absolute atomic E-state index is 13.4. The van der Waals surface area contributed by atoms with E-state index in [1.54, 1.807) is 72.8 Å². The lowest BCUT2D eigenvalue weighted by Gasteiger charge is -2.10. The van der Waals surface area contributed by atoms with Crippen LogP contribution in [-0.4, -0.2) is 9.97 Å². The maximum Gasteiger partial charge on any atom is 0.196 e. The molecule has 6 heteroatoms. The summed E-state index contributed by atoms with van der Waals surface area (Å²) in [7, 11) is 0. The molecule has 0 aliphatic heterocycles. The first-order chi connectivity index (χ1) is 18.5. The van der Waals surface area contributed by atoms with Crippen LogP contribution in [0.3, 0.4) is 0 Å². The van der Waals surface area contributed by atoms with Crippen molar-refractivity contribution in [2.45, 2.75) is 27.7 Å². The van der Waals surface area contributed by atoms with Gasteiger partial charge >= 0.3 is 0 Å². The van der Waals surface area contributed by atoms with Gasteiger partial charge in [-0.05, 0) is 24.3 Å². The largest absolute Gasteiger partial charge is 0.351 e. The smallest absolute Gasteiger partial charge is 0.196 e. The SMILES string of the molecule is CC.CC.O=c1c2ccccc2c(=O)c2c1ccc1[nH]c3c(ccc4c(=O)c5ccccc5c(=O)c43)[nH]c12. The van der Waals surface area contributed by atoms with Gasteiger partial charge in [-0.1, -0.05) is 76.2 Å². The van der Waals surface area contributed by atoms with Crippen LogP contribution in [0.1, 0.15) is 27.7 Å². The number of aromatic nitrogens is 2. The van der Waals surface area contributed by atoms with Crippen LogP contribution >= 0.6 is 0 Å². The van der Waals surface area contributed by atoms with Crippen LogP contribution < -0.4 is 21.7 Å². The molecule has 0 spiro atoms. The van der Waals surface area contributed by atoms with Gasteiger partial charge in [0, 0.05) is 32.3 Å². The van der Waals surface area contributed by atoms with Gasteiger partial charge in [-0.3, -0.25) is 19.2 Å². The van der Waals surface area contributed by atoms with Crippen LogP contribution in [-0.2, 0) is 0 Å². The monoisotopic (exact) mass is 502 g/mol. The molecule has 0 fully saturated rings. The molecule has 0 saturated heterocycles. The highest BCUT2D eigenvalue weighted by atomic mass is 16.1. The summed E-state index contributed by atoms with van der Waals surface area (Å²) in [6.45, 7) is 8.00. The molecule has 0 unspecified atom stereocenters. The molecule has 7 rings (SSSR count). The minimum Gasteiger partial charge on any atom is -0.351 e. The van der Waals surface area contributed by atoms with Crippen molar-refractivity contribution in [2.24, 2.45) is 0 Å². The van der Waals surface area contributed by atoms with Crippen molar-refractivity contribution >= 4 is 65.2 Å². The molecule has 2 N–H and O–H groups in total. The molecular weight excluding hydrogens is 476 g/mol. The van der Waals surface area contributed by atoms with Gasteiger partial charge in [0.15, 0.2) is 21.7 Å². The number of H-pyrrole nitrogens is 2. The van der Waals surface area contributed by atoms with E-state index in [2.05, 4.69) is 9.97 Å². The van der Waals surface area contributed by atoms with Gasteiger partial charge in [0.1, 0.15) is 0 Å². The zero-order chi connectivity index (χ0) is 27.1. The zero-order valence-corrected chi connectivity index (χ0v) is 21.6. The Morgan fingerprint density at radius 2 is 0.711 bits per heavy atom. The maximum atomic E-state index is 13.4. The van der Waals surface area contributed by atoms with E-state index in [9.17, 15) is 19.2 Å². The minimum absolute atomic E-state index is 0.205. The first kappa shape index (κ1) is 24.8. The Kier molecular flexibility index (Phi) is 6.25. The Labute approximate surface area is 216 Å². The van der Waals surface area contributed by atoms with Gasteiger partial charge in [-0.15, -0.1) is 0 Å². The standard InChI is InChI=1S/C28H14N2O4.2C2H6/c31-25-13-5-1-3-7-15(13)27(33)21-17(25)9-11-19-23(21)29-20-12-10-18-22(24(20)30-19)28(34)16-8-4-2-6-14(16)26(18)32;2*1-2/h1-12,29-30H;2*1-2H3. The molecule has 0 radical (unpaired) electrons. The number of hydrogen-bond donors (Lipinski definition) is 2. The topological polar surface area (TPSA) is 99.9 Å². The Hall–Kier alpha value is -4.84. The Bertz CT molecular complexity index is 2100. The highest BCUT2D eigenvalue weighted by molar-refractivity contribution is 6.14. The van der Waals surface area contributed by atoms with Crippen molar-refractivity contribution < 1.29 is 0 Å². The Balaban J connectivity index is 0.000000704. The van der Waals surface area contributed by atoms with Crippen molar-refractivity contribution in [1.82, 2.24) is 9.97 Å². The molecule has 38 heavy (non-hydrogen) atoms. The van der Waals surface area contributed by atoms with Crippen molar-refractivity contribution in [2.75, 3.05) is 0 Å². The van der Waals surface area contributed by atoms with Crippen molar-refractivity contribution in [1.29, 1.82) is 0 Å². The van der Waals surface area contributed by atoms with Crippen LogP contribution in [0.15, 0.2) is 92.0 Å². The minimum atomic E-state index is -0.238. The van der Waals surface area contributed by atoms with Gasteiger partial charge in [-0.2, -0.15) is 0 Å². The molecule has 1 aromatic heterocycles. The lowest BCUT2D eigenvalue weighted by Crippen LogP contribution is -2.14. The summed E-state index contributed by atoms with van der Waals surface area (Å²) >= 11 is 0. The summed E-state index contributed by atoms with van der Waals surface area (Å²) in [5.74, 6) is 0. The summed E-state index contributed by atoms with van der Waals surface area (Å²) in [5, 5.41) is 2.76. The molecule has 188 valence electrons. The van der Waals surface area contributed by atoms with E-state index >= 15 is 0 Å². The summed E-state index contributed by atoms with van der Waals surface area (Å²) in [5.41, 5.74) is 1.18. The van der Waals surface area contributed by atoms with Gasteiger partial charge in [-0.25, -0.2) is 0 Å². The van der Waals surface area contributed by atoms with Crippen LogP contribution in [0, 0.1) is 0 Å². The quantitative estimate of drug-likeness (QED) is 0.191. The van der Waals surface area contributed by atoms with Gasteiger partial charge < -0.3 is 9.97 Å². The van der Waals surface area contributed by atoms with Crippen molar-refractivity contribution in [3.63, 3.8) is 0 Å². The second kappa shape index (κ2) is 9.56. The van der Waals surface area contributed by atoms with Crippen LogP contribution in [0.4, 0.5) is 0 Å². The van der Waals surface area contributed by atoms with E-state index in [0.29, 0.717) is 65.2 Å². The predicted octanol–water partition coefficient (Wildman–Crippen LogP) is 6.19. The third kappa shape index (κ3) is 3.41. The molecule has 0 bridgehead atoms. The van der Waals surface area contributed by atoms with E-state index in [0.717, 1.165) is 0 Å². The highest BCUT2D eigenvalue weighted by Gasteiger charge is 2.17. The number of hydrogen-bond acceptors (Lipinski definition) is 4.